The standard InChI is InChI=1S/C7H15N3/c1-2-9-5-3-4-6-10-7-8/h2,6H,3-5,7-8H2,1H3/b9-2?,10-6-. The van der Waals surface area contributed by atoms with Crippen molar-refractivity contribution >= 4 is 12.4 Å². The molecule has 0 bridgehead atoms. The van der Waals surface area contributed by atoms with Gasteiger partial charge in [-0.1, -0.05) is 0 Å². The van der Waals surface area contributed by atoms with Crippen molar-refractivity contribution in [3.05, 3.63) is 0 Å². The van der Waals surface area contributed by atoms with Gasteiger partial charge in [-0.2, -0.15) is 0 Å². The summed E-state index contributed by atoms with van der Waals surface area (Å²) in [7, 11) is 0. The first-order valence-corrected chi connectivity index (χ1v) is 3.54. The highest BCUT2D eigenvalue weighted by Crippen LogP contribution is 1.84. The highest BCUT2D eigenvalue weighted by Gasteiger charge is 1.79. The van der Waals surface area contributed by atoms with E-state index in [4.69, 9.17) is 5.73 Å². The van der Waals surface area contributed by atoms with E-state index in [2.05, 4.69) is 9.98 Å². The summed E-state index contributed by atoms with van der Waals surface area (Å²) in [6, 6.07) is 0. The molecule has 58 valence electrons. The maximum absolute atomic E-state index is 5.14. The van der Waals surface area contributed by atoms with Crippen molar-refractivity contribution < 1.29 is 0 Å². The average molecular weight is 141 g/mol. The molecule has 0 fully saturated rings. The number of aliphatic imine (C=N–C) groups is 2. The van der Waals surface area contributed by atoms with Crippen LogP contribution in [0.25, 0.3) is 0 Å². The third kappa shape index (κ3) is 7.30. The predicted octanol–water partition coefficient (Wildman–Crippen LogP) is 0.844. The molecule has 0 amide bonds. The fourth-order valence-electron chi connectivity index (χ4n) is 0.569. The molecule has 0 aliphatic heterocycles. The summed E-state index contributed by atoms with van der Waals surface area (Å²) in [5, 5.41) is 0. The van der Waals surface area contributed by atoms with Crippen LogP contribution in [0.1, 0.15) is 19.8 Å². The van der Waals surface area contributed by atoms with Gasteiger partial charge in [-0.15, -0.1) is 0 Å². The van der Waals surface area contributed by atoms with Crippen molar-refractivity contribution in [2.75, 3.05) is 13.2 Å². The number of hydrogen-bond acceptors (Lipinski definition) is 3. The van der Waals surface area contributed by atoms with Crippen molar-refractivity contribution in [2.45, 2.75) is 19.8 Å². The summed E-state index contributed by atoms with van der Waals surface area (Å²) in [5.74, 6) is 0. The molecule has 0 saturated carbocycles. The van der Waals surface area contributed by atoms with Crippen LogP contribution in [-0.2, 0) is 0 Å². The second-order valence-corrected chi connectivity index (χ2v) is 1.85. The van der Waals surface area contributed by atoms with E-state index in [9.17, 15) is 0 Å². The quantitative estimate of drug-likeness (QED) is 0.447. The maximum atomic E-state index is 5.14. The zero-order valence-electron chi connectivity index (χ0n) is 6.45. The summed E-state index contributed by atoms with van der Waals surface area (Å²) in [6.07, 6.45) is 5.72. The Hall–Kier alpha value is -0.700. The van der Waals surface area contributed by atoms with E-state index in [1.807, 2.05) is 19.4 Å². The molecule has 0 atom stereocenters. The van der Waals surface area contributed by atoms with E-state index in [-0.39, 0.29) is 0 Å². The fraction of sp³-hybridized carbons (Fsp3) is 0.714. The Morgan fingerprint density at radius 3 is 2.80 bits per heavy atom. The summed E-state index contributed by atoms with van der Waals surface area (Å²) in [6.45, 7) is 3.22. The van der Waals surface area contributed by atoms with E-state index in [1.54, 1.807) is 0 Å². The Balaban J connectivity index is 2.97. The van der Waals surface area contributed by atoms with E-state index >= 15 is 0 Å². The van der Waals surface area contributed by atoms with Crippen molar-refractivity contribution in [3.63, 3.8) is 0 Å². The maximum Gasteiger partial charge on any atom is 0.0855 e. The zero-order chi connectivity index (χ0) is 7.66. The van der Waals surface area contributed by atoms with Crippen LogP contribution >= 0.6 is 0 Å². The van der Waals surface area contributed by atoms with Crippen LogP contribution < -0.4 is 5.73 Å². The third-order valence-corrected chi connectivity index (χ3v) is 1.04. The molecule has 0 unspecified atom stereocenters. The van der Waals surface area contributed by atoms with Gasteiger partial charge < -0.3 is 5.73 Å². The molecular weight excluding hydrogens is 126 g/mol. The van der Waals surface area contributed by atoms with E-state index in [0.29, 0.717) is 6.67 Å². The first-order valence-electron chi connectivity index (χ1n) is 3.54. The zero-order valence-corrected chi connectivity index (χ0v) is 6.45. The van der Waals surface area contributed by atoms with Crippen molar-refractivity contribution in [3.8, 4) is 0 Å². The van der Waals surface area contributed by atoms with Gasteiger partial charge in [-0.05, 0) is 26.0 Å². The smallest absolute Gasteiger partial charge is 0.0855 e. The molecule has 3 heteroatoms. The summed E-state index contributed by atoms with van der Waals surface area (Å²) < 4.78 is 0. The van der Waals surface area contributed by atoms with Gasteiger partial charge in [-0.3, -0.25) is 9.98 Å². The van der Waals surface area contributed by atoms with Crippen LogP contribution in [0.3, 0.4) is 0 Å². The number of hydrogen-bond donors (Lipinski definition) is 1. The lowest BCUT2D eigenvalue weighted by Gasteiger charge is -1.88. The summed E-state index contributed by atoms with van der Waals surface area (Å²) in [5.41, 5.74) is 5.14. The molecule has 0 saturated heterocycles. The molecule has 0 aromatic rings. The molecule has 0 aromatic carbocycles. The number of rotatable bonds is 5. The SMILES string of the molecule is CC=NCCC/C=N\CN. The van der Waals surface area contributed by atoms with Crippen LogP contribution in [0.15, 0.2) is 9.98 Å². The van der Waals surface area contributed by atoms with Gasteiger partial charge >= 0.3 is 0 Å². The lowest BCUT2D eigenvalue weighted by molar-refractivity contribution is 0.884. The minimum absolute atomic E-state index is 0.400. The normalized spacial score (nSPS) is 11.8. The minimum atomic E-state index is 0.400. The van der Waals surface area contributed by atoms with Gasteiger partial charge in [0, 0.05) is 12.8 Å². The number of unbranched alkanes of at least 4 members (excludes halogenated alkanes) is 1. The van der Waals surface area contributed by atoms with Gasteiger partial charge in [0.2, 0.25) is 0 Å². The average Bonchev–Trinajstić information content (AvgIpc) is 1.97. The van der Waals surface area contributed by atoms with Crippen LogP contribution in [0.4, 0.5) is 0 Å². The van der Waals surface area contributed by atoms with Gasteiger partial charge in [0.1, 0.15) is 0 Å². The van der Waals surface area contributed by atoms with Gasteiger partial charge in [0.15, 0.2) is 0 Å². The molecule has 0 radical (unpaired) electrons. The largest absolute Gasteiger partial charge is 0.312 e. The van der Waals surface area contributed by atoms with Crippen LogP contribution in [0.5, 0.6) is 0 Å². The predicted molar refractivity (Wildman–Crippen MR) is 45.8 cm³/mol. The molecule has 3 nitrogen and oxygen atoms in total. The molecule has 10 heavy (non-hydrogen) atoms. The van der Waals surface area contributed by atoms with Crippen LogP contribution in [0.2, 0.25) is 0 Å². The van der Waals surface area contributed by atoms with Gasteiger partial charge in [-0.25, -0.2) is 0 Å². The summed E-state index contributed by atoms with van der Waals surface area (Å²) in [4.78, 5) is 7.92. The Labute approximate surface area is 62.1 Å². The fourth-order valence-corrected chi connectivity index (χ4v) is 0.569. The molecule has 0 heterocycles. The second kappa shape index (κ2) is 8.30. The lowest BCUT2D eigenvalue weighted by atomic mass is 10.3. The Morgan fingerprint density at radius 1 is 1.40 bits per heavy atom. The topological polar surface area (TPSA) is 50.7 Å². The van der Waals surface area contributed by atoms with Crippen molar-refractivity contribution in [1.82, 2.24) is 0 Å². The molecule has 0 spiro atoms. The van der Waals surface area contributed by atoms with E-state index in [1.165, 1.54) is 0 Å². The van der Waals surface area contributed by atoms with Crippen molar-refractivity contribution in [1.29, 1.82) is 0 Å². The number of nitrogens with zero attached hydrogens (tertiary/aromatic N) is 2. The first-order chi connectivity index (χ1) is 4.91. The Kier molecular flexibility index (Phi) is 7.72. The van der Waals surface area contributed by atoms with Gasteiger partial charge in [0.05, 0.1) is 6.67 Å². The lowest BCUT2D eigenvalue weighted by Crippen LogP contribution is -1.94. The van der Waals surface area contributed by atoms with Crippen molar-refractivity contribution in [2.24, 2.45) is 15.7 Å². The molecular formula is C7H15N3. The van der Waals surface area contributed by atoms with Gasteiger partial charge in [0.25, 0.3) is 0 Å². The van der Waals surface area contributed by atoms with Crippen LogP contribution in [0, 0.1) is 0 Å². The second-order valence-electron chi connectivity index (χ2n) is 1.85. The third-order valence-electron chi connectivity index (χ3n) is 1.04. The molecule has 2 N–H and O–H groups in total. The number of nitrogens with two attached hydrogens (primary N) is 1. The monoisotopic (exact) mass is 141 g/mol. The first kappa shape index (κ1) is 9.30. The molecule has 0 aliphatic carbocycles. The minimum Gasteiger partial charge on any atom is -0.312 e. The highest BCUT2D eigenvalue weighted by molar-refractivity contribution is 5.57. The summed E-state index contributed by atoms with van der Waals surface area (Å²) >= 11 is 0. The van der Waals surface area contributed by atoms with Crippen LogP contribution in [-0.4, -0.2) is 25.6 Å². The molecule has 0 aromatic heterocycles. The molecule has 0 rings (SSSR count). The molecule has 0 aliphatic rings. The Morgan fingerprint density at radius 2 is 2.20 bits per heavy atom. The van der Waals surface area contributed by atoms with E-state index < -0.39 is 0 Å². The highest BCUT2D eigenvalue weighted by atomic mass is 14.8. The van der Waals surface area contributed by atoms with E-state index in [0.717, 1.165) is 19.4 Å². The Bertz CT molecular complexity index is 107.